The maximum absolute atomic E-state index is 13.0. The van der Waals surface area contributed by atoms with Crippen LogP contribution in [0.2, 0.25) is 0 Å². The van der Waals surface area contributed by atoms with E-state index in [4.69, 9.17) is 0 Å². The van der Waals surface area contributed by atoms with E-state index >= 15 is 0 Å². The van der Waals surface area contributed by atoms with Gasteiger partial charge in [0.1, 0.15) is 4.83 Å². The number of aromatic nitrogens is 2. The highest BCUT2D eigenvalue weighted by Crippen LogP contribution is 2.32. The van der Waals surface area contributed by atoms with E-state index in [0.29, 0.717) is 11.8 Å². The van der Waals surface area contributed by atoms with Crippen LogP contribution >= 0.6 is 11.3 Å². The Kier molecular flexibility index (Phi) is 4.12. The van der Waals surface area contributed by atoms with Crippen molar-refractivity contribution in [3.63, 3.8) is 0 Å². The van der Waals surface area contributed by atoms with Crippen molar-refractivity contribution in [1.82, 2.24) is 14.7 Å². The molecule has 1 aromatic carbocycles. The lowest BCUT2D eigenvalue weighted by Gasteiger charge is -2.34. The molecule has 3 aromatic rings. The van der Waals surface area contributed by atoms with Crippen LogP contribution in [-0.2, 0) is 0 Å². The van der Waals surface area contributed by atoms with Gasteiger partial charge in [-0.15, -0.1) is 11.3 Å². The molecule has 0 radical (unpaired) electrons. The van der Waals surface area contributed by atoms with E-state index < -0.39 is 0 Å². The second kappa shape index (κ2) is 6.30. The van der Waals surface area contributed by atoms with Gasteiger partial charge in [0.15, 0.2) is 0 Å². The standard InChI is InChI=1S/C20H23N3OS/c1-13-9-14(2)12-22(11-13)19(24)18-10-17-15(3)21-23(20(17)25-18)16-7-5-4-6-8-16/h4-8,10,13-14H,9,11-12H2,1-3H3. The molecule has 1 aliphatic heterocycles. The third-order valence-electron chi connectivity index (χ3n) is 4.91. The van der Waals surface area contributed by atoms with E-state index in [1.54, 1.807) is 11.3 Å². The number of aryl methyl sites for hydroxylation is 1. The third-order valence-corrected chi connectivity index (χ3v) is 6.01. The molecule has 1 aliphatic rings. The van der Waals surface area contributed by atoms with Crippen LogP contribution in [0.4, 0.5) is 0 Å². The molecule has 5 heteroatoms. The van der Waals surface area contributed by atoms with Gasteiger partial charge in [0, 0.05) is 18.5 Å². The minimum Gasteiger partial charge on any atom is -0.337 e. The Bertz CT molecular complexity index is 902. The molecule has 0 spiro atoms. The summed E-state index contributed by atoms with van der Waals surface area (Å²) < 4.78 is 1.95. The van der Waals surface area contributed by atoms with Crippen molar-refractivity contribution in [2.24, 2.45) is 11.8 Å². The van der Waals surface area contributed by atoms with Gasteiger partial charge in [-0.25, -0.2) is 4.68 Å². The first-order valence-electron chi connectivity index (χ1n) is 8.86. The molecular weight excluding hydrogens is 330 g/mol. The van der Waals surface area contributed by atoms with Gasteiger partial charge in [-0.2, -0.15) is 5.10 Å². The number of fused-ring (bicyclic) bond motifs is 1. The van der Waals surface area contributed by atoms with Crippen LogP contribution in [0, 0.1) is 18.8 Å². The summed E-state index contributed by atoms with van der Waals surface area (Å²) in [6, 6.07) is 12.1. The fraction of sp³-hybridized carbons (Fsp3) is 0.400. The summed E-state index contributed by atoms with van der Waals surface area (Å²) in [5.41, 5.74) is 2.00. The van der Waals surface area contributed by atoms with Crippen molar-refractivity contribution in [2.45, 2.75) is 27.2 Å². The van der Waals surface area contributed by atoms with Gasteiger partial charge in [0.25, 0.3) is 5.91 Å². The summed E-state index contributed by atoms with van der Waals surface area (Å²) >= 11 is 1.55. The molecule has 0 aliphatic carbocycles. The number of likely N-dealkylation sites (tertiary alicyclic amines) is 1. The van der Waals surface area contributed by atoms with E-state index in [-0.39, 0.29) is 5.91 Å². The SMILES string of the molecule is Cc1nn(-c2ccccc2)c2sc(C(=O)N3CC(C)CC(C)C3)cc12. The Balaban J connectivity index is 1.71. The average molecular weight is 353 g/mol. The topological polar surface area (TPSA) is 38.1 Å². The number of piperidine rings is 1. The Hall–Kier alpha value is -2.14. The van der Waals surface area contributed by atoms with Crippen LogP contribution < -0.4 is 0 Å². The normalized spacial score (nSPS) is 21.0. The number of carbonyl (C=O) groups excluding carboxylic acids is 1. The van der Waals surface area contributed by atoms with Crippen molar-refractivity contribution in [1.29, 1.82) is 0 Å². The van der Waals surface area contributed by atoms with Crippen LogP contribution in [0.25, 0.3) is 15.9 Å². The summed E-state index contributed by atoms with van der Waals surface area (Å²) in [4.78, 5) is 16.9. The molecule has 1 fully saturated rings. The Morgan fingerprint density at radius 2 is 1.84 bits per heavy atom. The quantitative estimate of drug-likeness (QED) is 0.680. The minimum atomic E-state index is 0.165. The van der Waals surface area contributed by atoms with Crippen molar-refractivity contribution >= 4 is 27.5 Å². The molecule has 3 heterocycles. The summed E-state index contributed by atoms with van der Waals surface area (Å²) in [5.74, 6) is 1.31. The molecule has 2 atom stereocenters. The van der Waals surface area contributed by atoms with Crippen molar-refractivity contribution in [3.8, 4) is 5.69 Å². The van der Waals surface area contributed by atoms with Crippen molar-refractivity contribution in [2.75, 3.05) is 13.1 Å². The number of para-hydroxylation sites is 1. The van der Waals surface area contributed by atoms with Gasteiger partial charge in [0.05, 0.1) is 16.3 Å². The van der Waals surface area contributed by atoms with Crippen molar-refractivity contribution < 1.29 is 4.79 Å². The fourth-order valence-electron chi connectivity index (χ4n) is 3.88. The predicted molar refractivity (Wildman–Crippen MR) is 103 cm³/mol. The zero-order valence-electron chi connectivity index (χ0n) is 14.9. The Labute approximate surface area is 152 Å². The molecule has 0 bridgehead atoms. The Morgan fingerprint density at radius 1 is 1.16 bits per heavy atom. The first-order valence-corrected chi connectivity index (χ1v) is 9.68. The van der Waals surface area contributed by atoms with Gasteiger partial charge < -0.3 is 4.90 Å². The third kappa shape index (κ3) is 2.97. The number of thiophene rings is 1. The van der Waals surface area contributed by atoms with Gasteiger partial charge >= 0.3 is 0 Å². The summed E-state index contributed by atoms with van der Waals surface area (Å²) in [6.45, 7) is 8.20. The number of hydrogen-bond donors (Lipinski definition) is 0. The van der Waals surface area contributed by atoms with E-state index in [1.807, 2.05) is 52.9 Å². The van der Waals surface area contributed by atoms with Crippen molar-refractivity contribution in [3.05, 3.63) is 47.0 Å². The zero-order valence-corrected chi connectivity index (χ0v) is 15.7. The van der Waals surface area contributed by atoms with E-state index in [0.717, 1.165) is 39.6 Å². The molecule has 25 heavy (non-hydrogen) atoms. The average Bonchev–Trinajstić information content (AvgIpc) is 3.15. The summed E-state index contributed by atoms with van der Waals surface area (Å²) in [6.07, 6.45) is 1.21. The molecule has 1 amide bonds. The first-order chi connectivity index (χ1) is 12.0. The van der Waals surface area contributed by atoms with Crippen LogP contribution in [-0.4, -0.2) is 33.7 Å². The van der Waals surface area contributed by atoms with Gasteiger partial charge in [0.2, 0.25) is 0 Å². The number of nitrogens with zero attached hydrogens (tertiary/aromatic N) is 3. The van der Waals surface area contributed by atoms with Crippen LogP contribution in [0.3, 0.4) is 0 Å². The van der Waals surface area contributed by atoms with E-state index in [1.165, 1.54) is 6.42 Å². The van der Waals surface area contributed by atoms with Gasteiger partial charge in [-0.1, -0.05) is 32.0 Å². The lowest BCUT2D eigenvalue weighted by Crippen LogP contribution is -2.42. The maximum atomic E-state index is 13.0. The lowest BCUT2D eigenvalue weighted by molar-refractivity contribution is 0.0628. The van der Waals surface area contributed by atoms with Gasteiger partial charge in [-0.05, 0) is 43.4 Å². The lowest BCUT2D eigenvalue weighted by atomic mass is 9.92. The minimum absolute atomic E-state index is 0.165. The number of hydrogen-bond acceptors (Lipinski definition) is 3. The highest BCUT2D eigenvalue weighted by atomic mass is 32.1. The molecule has 2 unspecified atom stereocenters. The predicted octanol–water partition coefficient (Wildman–Crippen LogP) is 4.51. The largest absolute Gasteiger partial charge is 0.337 e. The van der Waals surface area contributed by atoms with E-state index in [9.17, 15) is 4.79 Å². The molecule has 1 saturated heterocycles. The zero-order chi connectivity index (χ0) is 17.6. The molecule has 0 N–H and O–H groups in total. The number of carbonyl (C=O) groups is 1. The second-order valence-electron chi connectivity index (χ2n) is 7.32. The fourth-order valence-corrected chi connectivity index (χ4v) is 5.03. The highest BCUT2D eigenvalue weighted by Gasteiger charge is 2.28. The van der Waals surface area contributed by atoms with Crippen LogP contribution in [0.5, 0.6) is 0 Å². The Morgan fingerprint density at radius 3 is 2.52 bits per heavy atom. The second-order valence-corrected chi connectivity index (χ2v) is 8.35. The molecule has 0 saturated carbocycles. The molecule has 4 rings (SSSR count). The van der Waals surface area contributed by atoms with E-state index in [2.05, 4.69) is 18.9 Å². The summed E-state index contributed by atoms with van der Waals surface area (Å²) in [5, 5.41) is 5.74. The number of amides is 1. The van der Waals surface area contributed by atoms with Crippen LogP contribution in [0.1, 0.15) is 35.6 Å². The number of rotatable bonds is 2. The smallest absolute Gasteiger partial charge is 0.264 e. The highest BCUT2D eigenvalue weighted by molar-refractivity contribution is 7.20. The molecule has 130 valence electrons. The molecular formula is C20H23N3OS. The van der Waals surface area contributed by atoms with Gasteiger partial charge in [-0.3, -0.25) is 4.79 Å². The van der Waals surface area contributed by atoms with Crippen LogP contribution in [0.15, 0.2) is 36.4 Å². The number of benzene rings is 1. The maximum Gasteiger partial charge on any atom is 0.264 e. The summed E-state index contributed by atoms with van der Waals surface area (Å²) in [7, 11) is 0. The monoisotopic (exact) mass is 353 g/mol. The molecule has 4 nitrogen and oxygen atoms in total. The molecule has 2 aromatic heterocycles. The first kappa shape index (κ1) is 16.3.